The van der Waals surface area contributed by atoms with Gasteiger partial charge in [-0.25, -0.2) is 0 Å². The van der Waals surface area contributed by atoms with Crippen LogP contribution in [0, 0.1) is 30.1 Å². The zero-order valence-corrected chi connectivity index (χ0v) is 16.7. The summed E-state index contributed by atoms with van der Waals surface area (Å²) in [5.74, 6) is 2.71. The number of fused-ring (bicyclic) bond motifs is 5. The van der Waals surface area contributed by atoms with Crippen LogP contribution in [0.1, 0.15) is 69.6 Å². The van der Waals surface area contributed by atoms with Crippen molar-refractivity contribution in [3.05, 3.63) is 28.8 Å². The van der Waals surface area contributed by atoms with Crippen LogP contribution < -0.4 is 10.5 Å². The summed E-state index contributed by atoms with van der Waals surface area (Å²) in [6, 6.07) is 4.15. The maximum Gasteiger partial charge on any atom is 0.325 e. The van der Waals surface area contributed by atoms with E-state index in [0.29, 0.717) is 17.1 Å². The normalized spacial score (nSPS) is 38.3. The van der Waals surface area contributed by atoms with Gasteiger partial charge in [-0.2, -0.15) is 0 Å². The number of hydrogen-bond acceptors (Lipinski definition) is 3. The molecular formula is C23H33NO2. The molecule has 142 valence electrons. The Kier molecular flexibility index (Phi) is 4.22. The summed E-state index contributed by atoms with van der Waals surface area (Å²) in [5, 5.41) is 0. The number of aryl methyl sites for hydroxylation is 1. The summed E-state index contributed by atoms with van der Waals surface area (Å²) in [5.41, 5.74) is 10.3. The minimum atomic E-state index is -0.362. The monoisotopic (exact) mass is 355 g/mol. The van der Waals surface area contributed by atoms with Crippen LogP contribution >= 0.6 is 0 Å². The van der Waals surface area contributed by atoms with Gasteiger partial charge in [0.25, 0.3) is 0 Å². The van der Waals surface area contributed by atoms with Crippen molar-refractivity contribution in [2.45, 2.75) is 71.6 Å². The van der Waals surface area contributed by atoms with Gasteiger partial charge in [0, 0.05) is 0 Å². The van der Waals surface area contributed by atoms with Gasteiger partial charge >= 0.3 is 5.97 Å². The van der Waals surface area contributed by atoms with E-state index in [1.165, 1.54) is 48.8 Å². The molecule has 3 heteroatoms. The third-order valence-electron chi connectivity index (χ3n) is 8.23. The first-order chi connectivity index (χ1) is 12.3. The summed E-state index contributed by atoms with van der Waals surface area (Å²) in [7, 11) is 0. The Balaban J connectivity index is 1.74. The number of benzene rings is 1. The van der Waals surface area contributed by atoms with Crippen molar-refractivity contribution in [2.75, 3.05) is 6.54 Å². The first kappa shape index (κ1) is 18.0. The van der Waals surface area contributed by atoms with Crippen molar-refractivity contribution < 1.29 is 9.53 Å². The lowest BCUT2D eigenvalue weighted by atomic mass is 9.46. The van der Waals surface area contributed by atoms with Gasteiger partial charge < -0.3 is 10.5 Å². The van der Waals surface area contributed by atoms with Crippen LogP contribution in [0.2, 0.25) is 0 Å². The Morgan fingerprint density at radius 2 is 2.04 bits per heavy atom. The molecule has 2 saturated carbocycles. The third-order valence-corrected chi connectivity index (χ3v) is 8.23. The van der Waals surface area contributed by atoms with E-state index < -0.39 is 0 Å². The van der Waals surface area contributed by atoms with Crippen molar-refractivity contribution in [2.24, 2.45) is 28.9 Å². The first-order valence-corrected chi connectivity index (χ1v) is 10.3. The molecule has 1 aromatic rings. The van der Waals surface area contributed by atoms with E-state index in [1.807, 2.05) is 6.07 Å². The lowest BCUT2D eigenvalue weighted by molar-refractivity contribution is -0.132. The molecule has 0 saturated heterocycles. The Bertz CT molecular complexity index is 742. The van der Waals surface area contributed by atoms with Gasteiger partial charge in [0.05, 0.1) is 6.54 Å². The number of esters is 1. The quantitative estimate of drug-likeness (QED) is 0.626. The smallest absolute Gasteiger partial charge is 0.325 e. The fraction of sp³-hybridized carbons (Fsp3) is 0.696. The number of rotatable bonds is 2. The highest BCUT2D eigenvalue weighted by Gasteiger charge is 2.59. The minimum Gasteiger partial charge on any atom is -0.426 e. The molecule has 0 spiro atoms. The molecule has 0 radical (unpaired) electrons. The molecule has 0 amide bonds. The van der Waals surface area contributed by atoms with Crippen molar-refractivity contribution in [3.8, 4) is 5.75 Å². The Morgan fingerprint density at radius 1 is 1.27 bits per heavy atom. The topological polar surface area (TPSA) is 52.3 Å². The molecule has 2 fully saturated rings. The molecule has 3 aliphatic rings. The average Bonchev–Trinajstić information content (AvgIpc) is 2.89. The van der Waals surface area contributed by atoms with Crippen LogP contribution in [-0.4, -0.2) is 12.5 Å². The Hall–Kier alpha value is -1.35. The number of ether oxygens (including phenoxy) is 1. The van der Waals surface area contributed by atoms with E-state index in [9.17, 15) is 4.79 Å². The second-order valence-electron chi connectivity index (χ2n) is 9.65. The van der Waals surface area contributed by atoms with Gasteiger partial charge in [-0.1, -0.05) is 33.6 Å². The SMILES string of the molecule is Cc1cc(OC(=O)CN)cc2c1C1(C)CCC3C(C)CCCC3(C)C1C2. The molecule has 3 aliphatic carbocycles. The molecule has 1 aromatic carbocycles. The van der Waals surface area contributed by atoms with E-state index in [2.05, 4.69) is 33.8 Å². The van der Waals surface area contributed by atoms with Crippen molar-refractivity contribution in [3.63, 3.8) is 0 Å². The molecular weight excluding hydrogens is 322 g/mol. The van der Waals surface area contributed by atoms with E-state index in [1.54, 1.807) is 0 Å². The second kappa shape index (κ2) is 6.09. The molecule has 0 aromatic heterocycles. The van der Waals surface area contributed by atoms with E-state index in [-0.39, 0.29) is 17.9 Å². The highest BCUT2D eigenvalue weighted by Crippen LogP contribution is 2.65. The minimum absolute atomic E-state index is 0.0753. The molecule has 0 heterocycles. The molecule has 4 rings (SSSR count). The molecule has 5 unspecified atom stereocenters. The summed E-state index contributed by atoms with van der Waals surface area (Å²) >= 11 is 0. The highest BCUT2D eigenvalue weighted by molar-refractivity contribution is 5.74. The number of carbonyl (C=O) groups is 1. The van der Waals surface area contributed by atoms with E-state index in [4.69, 9.17) is 10.5 Å². The number of hydrogen-bond donors (Lipinski definition) is 1. The Labute approximate surface area is 157 Å². The van der Waals surface area contributed by atoms with Gasteiger partial charge in [-0.3, -0.25) is 4.79 Å². The highest BCUT2D eigenvalue weighted by atomic mass is 16.5. The van der Waals surface area contributed by atoms with Crippen LogP contribution in [0.5, 0.6) is 5.75 Å². The summed E-state index contributed by atoms with van der Waals surface area (Å²) < 4.78 is 5.44. The van der Waals surface area contributed by atoms with Gasteiger partial charge in [0.1, 0.15) is 5.75 Å². The molecule has 0 aliphatic heterocycles. The van der Waals surface area contributed by atoms with Gasteiger partial charge in [0.15, 0.2) is 0 Å². The lowest BCUT2D eigenvalue weighted by Gasteiger charge is -2.58. The van der Waals surface area contributed by atoms with Crippen LogP contribution in [0.3, 0.4) is 0 Å². The molecule has 0 bridgehead atoms. The van der Waals surface area contributed by atoms with Crippen LogP contribution in [0.15, 0.2) is 12.1 Å². The number of carbonyl (C=O) groups excluding carboxylic acids is 1. The standard InChI is InChI=1S/C23H33NO2/c1-14-6-5-8-22(3)18(14)7-9-23(4)19(22)12-16-11-17(26-20(25)13-24)10-15(2)21(16)23/h10-11,14,18-19H,5-9,12-13,24H2,1-4H3. The predicted molar refractivity (Wildman–Crippen MR) is 104 cm³/mol. The van der Waals surface area contributed by atoms with Crippen LogP contribution in [0.25, 0.3) is 0 Å². The second-order valence-corrected chi connectivity index (χ2v) is 9.65. The van der Waals surface area contributed by atoms with Crippen LogP contribution in [-0.2, 0) is 16.6 Å². The molecule has 2 N–H and O–H groups in total. The maximum atomic E-state index is 11.6. The van der Waals surface area contributed by atoms with E-state index in [0.717, 1.165) is 18.3 Å². The average molecular weight is 356 g/mol. The lowest BCUT2D eigenvalue weighted by Crippen LogP contribution is -2.52. The van der Waals surface area contributed by atoms with Crippen molar-refractivity contribution in [1.82, 2.24) is 0 Å². The summed E-state index contributed by atoms with van der Waals surface area (Å²) in [4.78, 5) is 11.6. The largest absolute Gasteiger partial charge is 0.426 e. The predicted octanol–water partition coefficient (Wildman–Crippen LogP) is 4.53. The fourth-order valence-electron chi connectivity index (χ4n) is 7.26. The summed E-state index contributed by atoms with van der Waals surface area (Å²) in [6.07, 6.45) is 7.90. The van der Waals surface area contributed by atoms with Crippen LogP contribution in [0.4, 0.5) is 0 Å². The zero-order chi connectivity index (χ0) is 18.7. The first-order valence-electron chi connectivity index (χ1n) is 10.3. The maximum absolute atomic E-state index is 11.6. The third kappa shape index (κ3) is 2.46. The van der Waals surface area contributed by atoms with Crippen molar-refractivity contribution >= 4 is 5.97 Å². The molecule has 26 heavy (non-hydrogen) atoms. The van der Waals surface area contributed by atoms with E-state index >= 15 is 0 Å². The molecule has 3 nitrogen and oxygen atoms in total. The fourth-order valence-corrected chi connectivity index (χ4v) is 7.26. The van der Waals surface area contributed by atoms with Crippen molar-refractivity contribution in [1.29, 1.82) is 0 Å². The number of nitrogens with two attached hydrogens (primary N) is 1. The van der Waals surface area contributed by atoms with Gasteiger partial charge in [-0.15, -0.1) is 0 Å². The Morgan fingerprint density at radius 3 is 2.77 bits per heavy atom. The zero-order valence-electron chi connectivity index (χ0n) is 16.7. The summed E-state index contributed by atoms with van der Waals surface area (Å²) in [6.45, 7) is 9.66. The molecule has 5 atom stereocenters. The van der Waals surface area contributed by atoms with Gasteiger partial charge in [0.2, 0.25) is 0 Å². The van der Waals surface area contributed by atoms with Gasteiger partial charge in [-0.05, 0) is 90.0 Å².